The maximum atomic E-state index is 13.0. The Morgan fingerprint density at radius 2 is 1.54 bits per heavy atom. The van der Waals surface area contributed by atoms with Crippen LogP contribution >= 0.6 is 0 Å². The molecular weight excluding hydrogens is 330 g/mol. The zero-order valence-electron chi connectivity index (χ0n) is 14.0. The number of aromatic nitrogens is 5. The van der Waals surface area contributed by atoms with Crippen LogP contribution in [-0.4, -0.2) is 24.3 Å². The van der Waals surface area contributed by atoms with Crippen molar-refractivity contribution in [1.29, 1.82) is 0 Å². The van der Waals surface area contributed by atoms with Crippen LogP contribution in [0, 0.1) is 0 Å². The van der Waals surface area contributed by atoms with Crippen molar-refractivity contribution in [3.8, 4) is 28.6 Å². The van der Waals surface area contributed by atoms with Gasteiger partial charge in [0.2, 0.25) is 0 Å². The molecule has 0 aliphatic carbocycles. The first kappa shape index (κ1) is 15.9. The summed E-state index contributed by atoms with van der Waals surface area (Å²) in [5, 5.41) is 4.43. The molecule has 2 aliphatic heterocycles. The molecule has 128 valence electrons. The summed E-state index contributed by atoms with van der Waals surface area (Å²) in [7, 11) is 0. The van der Waals surface area contributed by atoms with E-state index in [0.717, 1.165) is 10.1 Å². The molecule has 0 N–H and O–H groups in total. The van der Waals surface area contributed by atoms with E-state index in [0.29, 0.717) is 18.1 Å². The molecule has 2 aromatic carbocycles. The SMILES string of the molecule is CCn1nc(-c2ccccc2)nc2c(=O)n(-c3ccccc3)c(=O)nc1-2. The number of rotatable bonds is 3. The fraction of sp³-hybridized carbons (Fsp3) is 0.105. The average Bonchev–Trinajstić information content (AvgIpc) is 2.69. The lowest BCUT2D eigenvalue weighted by Crippen LogP contribution is -2.38. The Hall–Kier alpha value is -3.61. The third-order valence-electron chi connectivity index (χ3n) is 4.03. The van der Waals surface area contributed by atoms with Gasteiger partial charge in [-0.25, -0.2) is 19.0 Å². The van der Waals surface area contributed by atoms with Gasteiger partial charge in [0.05, 0.1) is 5.69 Å². The van der Waals surface area contributed by atoms with Gasteiger partial charge in [0.25, 0.3) is 5.56 Å². The van der Waals surface area contributed by atoms with Crippen molar-refractivity contribution in [2.75, 3.05) is 0 Å². The molecule has 4 rings (SSSR count). The Balaban J connectivity index is 2.06. The molecule has 7 nitrogen and oxygen atoms in total. The molecule has 26 heavy (non-hydrogen) atoms. The molecule has 2 aromatic rings. The summed E-state index contributed by atoms with van der Waals surface area (Å²) in [6.45, 7) is 2.33. The highest BCUT2D eigenvalue weighted by Gasteiger charge is 2.22. The Labute approximate surface area is 148 Å². The van der Waals surface area contributed by atoms with Gasteiger partial charge in [-0.3, -0.25) is 4.79 Å². The lowest BCUT2D eigenvalue weighted by atomic mass is 10.2. The Morgan fingerprint density at radius 1 is 0.885 bits per heavy atom. The predicted molar refractivity (Wildman–Crippen MR) is 97.4 cm³/mol. The molecular formula is C19H15N5O2. The van der Waals surface area contributed by atoms with E-state index in [-0.39, 0.29) is 11.5 Å². The van der Waals surface area contributed by atoms with Gasteiger partial charge in [-0.05, 0) is 19.1 Å². The zero-order chi connectivity index (χ0) is 18.1. The highest BCUT2D eigenvalue weighted by molar-refractivity contribution is 5.59. The van der Waals surface area contributed by atoms with Gasteiger partial charge in [-0.2, -0.15) is 10.1 Å². The van der Waals surface area contributed by atoms with Gasteiger partial charge in [-0.15, -0.1) is 0 Å². The number of nitrogens with zero attached hydrogens (tertiary/aromatic N) is 5. The van der Waals surface area contributed by atoms with Crippen LogP contribution in [0.4, 0.5) is 0 Å². The quantitative estimate of drug-likeness (QED) is 0.567. The smallest absolute Gasteiger partial charge is 0.266 e. The molecule has 2 aliphatic rings. The van der Waals surface area contributed by atoms with Crippen LogP contribution in [0.2, 0.25) is 0 Å². The van der Waals surface area contributed by atoms with E-state index in [4.69, 9.17) is 0 Å². The number of para-hydroxylation sites is 1. The van der Waals surface area contributed by atoms with Crippen LogP contribution in [0.1, 0.15) is 6.92 Å². The predicted octanol–water partition coefficient (Wildman–Crippen LogP) is 1.98. The summed E-state index contributed by atoms with van der Waals surface area (Å²) in [5.74, 6) is 0.603. The summed E-state index contributed by atoms with van der Waals surface area (Å²) in [6, 6.07) is 18.1. The second kappa shape index (κ2) is 6.36. The summed E-state index contributed by atoms with van der Waals surface area (Å²) in [6.07, 6.45) is 0. The van der Waals surface area contributed by atoms with Gasteiger partial charge in [-0.1, -0.05) is 48.5 Å². The minimum Gasteiger partial charge on any atom is -0.266 e. The van der Waals surface area contributed by atoms with E-state index in [9.17, 15) is 9.59 Å². The van der Waals surface area contributed by atoms with Crippen molar-refractivity contribution in [2.45, 2.75) is 13.5 Å². The average molecular weight is 345 g/mol. The van der Waals surface area contributed by atoms with Gasteiger partial charge in [0.15, 0.2) is 17.3 Å². The first-order chi connectivity index (χ1) is 12.7. The fourth-order valence-corrected chi connectivity index (χ4v) is 2.78. The lowest BCUT2D eigenvalue weighted by Gasteiger charge is -2.14. The van der Waals surface area contributed by atoms with E-state index in [1.165, 1.54) is 4.68 Å². The van der Waals surface area contributed by atoms with Crippen LogP contribution in [0.5, 0.6) is 0 Å². The van der Waals surface area contributed by atoms with Gasteiger partial charge in [0.1, 0.15) is 0 Å². The second-order valence-electron chi connectivity index (χ2n) is 5.66. The van der Waals surface area contributed by atoms with E-state index in [2.05, 4.69) is 15.1 Å². The summed E-state index contributed by atoms with van der Waals surface area (Å²) in [5.41, 5.74) is 0.206. The standard InChI is InChI=1S/C19H15N5O2/c1-2-23-17-15(20-16(22-23)13-9-5-3-6-10-13)18(25)24(19(26)21-17)14-11-7-4-8-12-14/h3-12H,2H2,1H3. The first-order valence-corrected chi connectivity index (χ1v) is 8.22. The number of hydrogen-bond acceptors (Lipinski definition) is 5. The maximum Gasteiger partial charge on any atom is 0.357 e. The van der Waals surface area contributed by atoms with E-state index in [1.807, 2.05) is 43.3 Å². The summed E-state index contributed by atoms with van der Waals surface area (Å²) >= 11 is 0. The molecule has 0 atom stereocenters. The number of aryl methyl sites for hydroxylation is 1. The molecule has 0 saturated heterocycles. The molecule has 0 unspecified atom stereocenters. The molecule has 0 amide bonds. The number of fused-ring (bicyclic) bond motifs is 1. The van der Waals surface area contributed by atoms with Crippen molar-refractivity contribution in [2.24, 2.45) is 0 Å². The minimum atomic E-state index is -0.646. The van der Waals surface area contributed by atoms with Crippen molar-refractivity contribution in [3.05, 3.63) is 81.5 Å². The molecule has 0 bridgehead atoms. The largest absolute Gasteiger partial charge is 0.357 e. The van der Waals surface area contributed by atoms with E-state index in [1.54, 1.807) is 24.3 Å². The molecule has 0 saturated carbocycles. The maximum absolute atomic E-state index is 13.0. The minimum absolute atomic E-state index is 0.115. The van der Waals surface area contributed by atoms with Gasteiger partial charge >= 0.3 is 5.69 Å². The molecule has 7 heteroatoms. The zero-order valence-corrected chi connectivity index (χ0v) is 14.0. The molecule has 0 fully saturated rings. The third-order valence-corrected chi connectivity index (χ3v) is 4.03. The normalized spacial score (nSPS) is 11.0. The topological polar surface area (TPSA) is 82.7 Å². The van der Waals surface area contributed by atoms with Crippen molar-refractivity contribution in [1.82, 2.24) is 24.3 Å². The molecule has 0 radical (unpaired) electrons. The Kier molecular flexibility index (Phi) is 3.89. The number of hydrogen-bond donors (Lipinski definition) is 0. The summed E-state index contributed by atoms with van der Waals surface area (Å²) < 4.78 is 2.56. The fourth-order valence-electron chi connectivity index (χ4n) is 2.78. The van der Waals surface area contributed by atoms with Crippen LogP contribution in [0.3, 0.4) is 0 Å². The van der Waals surface area contributed by atoms with Crippen LogP contribution in [0.15, 0.2) is 70.3 Å². The van der Waals surface area contributed by atoms with Gasteiger partial charge in [0, 0.05) is 12.1 Å². The third kappa shape index (κ3) is 2.59. The van der Waals surface area contributed by atoms with Crippen LogP contribution in [0.25, 0.3) is 28.6 Å². The van der Waals surface area contributed by atoms with Crippen molar-refractivity contribution < 1.29 is 0 Å². The van der Waals surface area contributed by atoms with E-state index < -0.39 is 11.2 Å². The summed E-state index contributed by atoms with van der Waals surface area (Å²) in [4.78, 5) is 34.0. The number of benzene rings is 2. The molecule has 0 spiro atoms. The first-order valence-electron chi connectivity index (χ1n) is 8.22. The Morgan fingerprint density at radius 3 is 2.19 bits per heavy atom. The highest BCUT2D eigenvalue weighted by atomic mass is 16.2. The lowest BCUT2D eigenvalue weighted by molar-refractivity contribution is 0.618. The van der Waals surface area contributed by atoms with E-state index >= 15 is 0 Å². The monoisotopic (exact) mass is 345 g/mol. The second-order valence-corrected chi connectivity index (χ2v) is 5.66. The van der Waals surface area contributed by atoms with Crippen LogP contribution in [-0.2, 0) is 6.54 Å². The van der Waals surface area contributed by atoms with Crippen molar-refractivity contribution >= 4 is 0 Å². The van der Waals surface area contributed by atoms with Crippen molar-refractivity contribution in [3.63, 3.8) is 0 Å². The molecule has 2 heterocycles. The molecule has 0 aromatic heterocycles. The van der Waals surface area contributed by atoms with Crippen LogP contribution < -0.4 is 11.2 Å². The Bertz CT molecular complexity index is 1150. The highest BCUT2D eigenvalue weighted by Crippen LogP contribution is 2.18. The van der Waals surface area contributed by atoms with Gasteiger partial charge < -0.3 is 0 Å².